The molecule has 0 radical (unpaired) electrons. The molecule has 0 aromatic rings. The number of hydrogen-bond donors (Lipinski definition) is 0. The van der Waals surface area contributed by atoms with Gasteiger partial charge in [0.1, 0.15) is 0 Å². The standard InChI is InChI=1S/C20H22N2O3/c1-5-12-21-16-11-9-8-10-15(16)19(14(4)6-2)17-13-18(25-22-17)20(23)24-7-3/h5-6,8-11,18H,1-2,4,7,12-13H2,3H3/b19-15+,21-16?. The molecule has 25 heavy (non-hydrogen) atoms. The number of nitrogens with zero attached hydrogens (tertiary/aromatic N) is 2. The van der Waals surface area contributed by atoms with Crippen LogP contribution < -0.4 is 0 Å². The first kappa shape index (κ1) is 18.4. The van der Waals surface area contributed by atoms with Crippen LogP contribution in [0, 0.1) is 0 Å². The minimum Gasteiger partial charge on any atom is -0.463 e. The van der Waals surface area contributed by atoms with Crippen LogP contribution in [0.2, 0.25) is 0 Å². The molecule has 0 saturated heterocycles. The van der Waals surface area contributed by atoms with Crippen LogP contribution in [0.5, 0.6) is 0 Å². The van der Waals surface area contributed by atoms with Gasteiger partial charge in [-0.25, -0.2) is 4.79 Å². The lowest BCUT2D eigenvalue weighted by molar-refractivity contribution is -0.154. The fourth-order valence-electron chi connectivity index (χ4n) is 2.49. The highest BCUT2D eigenvalue weighted by Crippen LogP contribution is 2.27. The van der Waals surface area contributed by atoms with E-state index in [1.807, 2.05) is 24.3 Å². The minimum atomic E-state index is -0.736. The molecule has 2 aliphatic rings. The summed E-state index contributed by atoms with van der Waals surface area (Å²) in [6.45, 7) is 14.1. The Bertz CT molecular complexity index is 736. The minimum absolute atomic E-state index is 0.299. The predicted octanol–water partition coefficient (Wildman–Crippen LogP) is 3.49. The van der Waals surface area contributed by atoms with Crippen molar-refractivity contribution in [3.05, 3.63) is 72.9 Å². The highest BCUT2D eigenvalue weighted by molar-refractivity contribution is 6.19. The zero-order valence-corrected chi connectivity index (χ0v) is 14.4. The molecule has 130 valence electrons. The summed E-state index contributed by atoms with van der Waals surface area (Å²) in [6, 6.07) is 0. The van der Waals surface area contributed by atoms with E-state index in [2.05, 4.69) is 29.9 Å². The van der Waals surface area contributed by atoms with E-state index < -0.39 is 12.1 Å². The van der Waals surface area contributed by atoms with Crippen molar-refractivity contribution in [1.82, 2.24) is 0 Å². The van der Waals surface area contributed by atoms with E-state index in [-0.39, 0.29) is 0 Å². The molecule has 1 heterocycles. The number of carbonyl (C=O) groups is 1. The zero-order chi connectivity index (χ0) is 18.2. The summed E-state index contributed by atoms with van der Waals surface area (Å²) in [7, 11) is 0. The molecule has 0 saturated carbocycles. The number of ether oxygens (including phenoxy) is 1. The van der Waals surface area contributed by atoms with Gasteiger partial charge in [0.2, 0.25) is 6.10 Å². The molecule has 0 fully saturated rings. The molecule has 0 amide bonds. The van der Waals surface area contributed by atoms with Gasteiger partial charge in [-0.2, -0.15) is 0 Å². The van der Waals surface area contributed by atoms with E-state index in [1.165, 1.54) is 0 Å². The maximum absolute atomic E-state index is 11.9. The smallest absolute Gasteiger partial charge is 0.350 e. The Kier molecular flexibility index (Phi) is 6.46. The Hall–Kier alpha value is -2.95. The second-order valence-corrected chi connectivity index (χ2v) is 5.34. The van der Waals surface area contributed by atoms with E-state index in [1.54, 1.807) is 19.1 Å². The van der Waals surface area contributed by atoms with Crippen molar-refractivity contribution in [2.75, 3.05) is 13.2 Å². The van der Waals surface area contributed by atoms with Crippen molar-refractivity contribution in [3.8, 4) is 0 Å². The Morgan fingerprint density at radius 2 is 2.20 bits per heavy atom. The summed E-state index contributed by atoms with van der Waals surface area (Å²) < 4.78 is 5.00. The third kappa shape index (κ3) is 4.32. The molecule has 1 unspecified atom stereocenters. The molecule has 0 aromatic heterocycles. The lowest BCUT2D eigenvalue weighted by Crippen LogP contribution is -2.24. The first-order chi connectivity index (χ1) is 12.1. The van der Waals surface area contributed by atoms with Crippen molar-refractivity contribution in [2.45, 2.75) is 19.4 Å². The molecule has 5 heteroatoms. The normalized spacial score (nSPS) is 22.2. The molecule has 1 aliphatic heterocycles. The Labute approximate surface area is 148 Å². The lowest BCUT2D eigenvalue weighted by Gasteiger charge is -2.15. The van der Waals surface area contributed by atoms with Crippen LogP contribution in [0.4, 0.5) is 0 Å². The molecule has 0 aromatic carbocycles. The number of aliphatic imine (C=N–C) groups is 1. The lowest BCUT2D eigenvalue weighted by atomic mass is 9.89. The molecule has 0 spiro atoms. The quantitative estimate of drug-likeness (QED) is 0.406. The van der Waals surface area contributed by atoms with E-state index in [9.17, 15) is 4.79 Å². The predicted molar refractivity (Wildman–Crippen MR) is 101 cm³/mol. The maximum Gasteiger partial charge on any atom is 0.350 e. The number of allylic oxidation sites excluding steroid dienone is 8. The van der Waals surface area contributed by atoms with E-state index in [4.69, 9.17) is 9.57 Å². The Morgan fingerprint density at radius 1 is 1.44 bits per heavy atom. The van der Waals surface area contributed by atoms with Gasteiger partial charge in [0.05, 0.1) is 24.6 Å². The van der Waals surface area contributed by atoms with Gasteiger partial charge in [-0.15, -0.1) is 6.58 Å². The molecule has 0 bridgehead atoms. The average molecular weight is 338 g/mol. The van der Waals surface area contributed by atoms with Gasteiger partial charge in [-0.05, 0) is 18.6 Å². The van der Waals surface area contributed by atoms with Gasteiger partial charge in [0, 0.05) is 17.6 Å². The molecule has 0 N–H and O–H groups in total. The maximum atomic E-state index is 11.9. The van der Waals surface area contributed by atoms with Crippen molar-refractivity contribution in [1.29, 1.82) is 0 Å². The fraction of sp³-hybridized carbons (Fsp3) is 0.250. The van der Waals surface area contributed by atoms with Crippen LogP contribution in [0.25, 0.3) is 0 Å². The number of rotatable bonds is 7. The van der Waals surface area contributed by atoms with Crippen LogP contribution in [0.1, 0.15) is 13.3 Å². The van der Waals surface area contributed by atoms with E-state index >= 15 is 0 Å². The summed E-state index contributed by atoms with van der Waals surface area (Å²) in [6.07, 6.45) is 10.6. The van der Waals surface area contributed by atoms with Crippen molar-refractivity contribution < 1.29 is 14.4 Å². The van der Waals surface area contributed by atoms with Crippen molar-refractivity contribution >= 4 is 17.4 Å². The van der Waals surface area contributed by atoms with E-state index in [0.717, 1.165) is 16.9 Å². The van der Waals surface area contributed by atoms with Crippen LogP contribution >= 0.6 is 0 Å². The summed E-state index contributed by atoms with van der Waals surface area (Å²) in [5.41, 5.74) is 3.74. The van der Waals surface area contributed by atoms with Crippen LogP contribution in [-0.2, 0) is 14.4 Å². The molecule has 2 rings (SSSR count). The highest BCUT2D eigenvalue weighted by atomic mass is 16.7. The third-order valence-electron chi connectivity index (χ3n) is 3.64. The zero-order valence-electron chi connectivity index (χ0n) is 14.4. The third-order valence-corrected chi connectivity index (χ3v) is 3.64. The van der Waals surface area contributed by atoms with Crippen LogP contribution in [0.3, 0.4) is 0 Å². The number of esters is 1. The van der Waals surface area contributed by atoms with Gasteiger partial charge >= 0.3 is 5.97 Å². The van der Waals surface area contributed by atoms with Gasteiger partial charge in [0.25, 0.3) is 0 Å². The second kappa shape index (κ2) is 8.78. The second-order valence-electron chi connectivity index (χ2n) is 5.34. The van der Waals surface area contributed by atoms with Gasteiger partial charge < -0.3 is 9.57 Å². The first-order valence-corrected chi connectivity index (χ1v) is 8.08. The average Bonchev–Trinajstić information content (AvgIpc) is 3.11. The summed E-state index contributed by atoms with van der Waals surface area (Å²) >= 11 is 0. The van der Waals surface area contributed by atoms with Crippen molar-refractivity contribution in [2.24, 2.45) is 10.1 Å². The van der Waals surface area contributed by atoms with Crippen LogP contribution in [-0.4, -0.2) is 36.6 Å². The summed E-state index contributed by atoms with van der Waals surface area (Å²) in [5, 5.41) is 4.10. The molecule has 1 atom stereocenters. The highest BCUT2D eigenvalue weighted by Gasteiger charge is 2.32. The molecule has 1 aliphatic carbocycles. The molecular formula is C20H22N2O3. The number of oxime groups is 1. The molecular weight excluding hydrogens is 316 g/mol. The van der Waals surface area contributed by atoms with E-state index in [0.29, 0.717) is 30.9 Å². The van der Waals surface area contributed by atoms with Gasteiger partial charge in [-0.3, -0.25) is 4.99 Å². The SMILES string of the molecule is C=CCN=C1C=CC=C/C1=C(/C(=C)C=C)C1=NOC(C(=O)OCC)C1. The number of carbonyl (C=O) groups excluding carboxylic acids is 1. The fourth-order valence-corrected chi connectivity index (χ4v) is 2.49. The largest absolute Gasteiger partial charge is 0.463 e. The topological polar surface area (TPSA) is 60.2 Å². The van der Waals surface area contributed by atoms with Gasteiger partial charge in [-0.1, -0.05) is 48.7 Å². The monoisotopic (exact) mass is 338 g/mol. The molecule has 5 nitrogen and oxygen atoms in total. The first-order valence-electron chi connectivity index (χ1n) is 8.08. The summed E-state index contributed by atoms with van der Waals surface area (Å²) in [5.74, 6) is -0.422. The van der Waals surface area contributed by atoms with Crippen LogP contribution in [0.15, 0.2) is 83.1 Å². The Balaban J connectivity index is 2.40. The van der Waals surface area contributed by atoms with Gasteiger partial charge in [0.15, 0.2) is 0 Å². The number of hydrogen-bond acceptors (Lipinski definition) is 5. The Morgan fingerprint density at radius 3 is 2.88 bits per heavy atom. The summed E-state index contributed by atoms with van der Waals surface area (Å²) in [4.78, 5) is 21.7. The van der Waals surface area contributed by atoms with Crippen molar-refractivity contribution in [3.63, 3.8) is 0 Å².